The molecule has 2 saturated heterocycles. The highest BCUT2D eigenvalue weighted by molar-refractivity contribution is 6.33. The maximum absolute atomic E-state index is 9.38. The van der Waals surface area contributed by atoms with E-state index in [1.165, 1.54) is 0 Å². The second-order valence-corrected chi connectivity index (χ2v) is 7.22. The predicted octanol–water partition coefficient (Wildman–Crippen LogP) is 3.58. The molecule has 26 heavy (non-hydrogen) atoms. The number of piperidine rings is 1. The summed E-state index contributed by atoms with van der Waals surface area (Å²) in [7, 11) is 0. The molecule has 0 aliphatic carbocycles. The number of hydrogen-bond acceptors (Lipinski definition) is 5. The number of rotatable bonds is 2. The van der Waals surface area contributed by atoms with Crippen LogP contribution in [0.5, 0.6) is 0 Å². The van der Waals surface area contributed by atoms with Gasteiger partial charge in [-0.1, -0.05) is 11.6 Å². The molecule has 1 aromatic heterocycles. The van der Waals surface area contributed by atoms with E-state index in [1.54, 1.807) is 18.3 Å². The lowest BCUT2D eigenvalue weighted by Crippen LogP contribution is -2.49. The minimum Gasteiger partial charge on any atom is -0.365 e. The summed E-state index contributed by atoms with van der Waals surface area (Å²) in [6.45, 7) is 2.70. The van der Waals surface area contributed by atoms with Crippen molar-refractivity contribution in [1.82, 2.24) is 4.98 Å². The van der Waals surface area contributed by atoms with Gasteiger partial charge in [0.2, 0.25) is 0 Å². The van der Waals surface area contributed by atoms with Crippen LogP contribution in [-0.2, 0) is 0 Å². The standard InChI is InChI=1S/C20H18ClN5/c21-17-10-14(11-22)3-4-18(17)26-9-6-15-5-8-25(13-19(15)26)20-16(12-23)2-1-7-24-20/h1-4,7,10,15,19H,5-6,8-9,13H2. The van der Waals surface area contributed by atoms with Crippen molar-refractivity contribution < 1.29 is 0 Å². The number of benzene rings is 1. The molecule has 1 aromatic carbocycles. The van der Waals surface area contributed by atoms with Gasteiger partial charge in [0, 0.05) is 31.9 Å². The molecule has 0 saturated carbocycles. The molecule has 3 heterocycles. The van der Waals surface area contributed by atoms with E-state index in [9.17, 15) is 5.26 Å². The molecular weight excluding hydrogens is 346 g/mol. The molecular formula is C20H18ClN5. The lowest BCUT2D eigenvalue weighted by Gasteiger charge is -2.40. The molecule has 4 rings (SSSR count). The Hall–Kier alpha value is -2.76. The highest BCUT2D eigenvalue weighted by atomic mass is 35.5. The van der Waals surface area contributed by atoms with Crippen LogP contribution in [0, 0.1) is 28.6 Å². The smallest absolute Gasteiger partial charge is 0.146 e. The molecule has 2 unspecified atom stereocenters. The van der Waals surface area contributed by atoms with E-state index in [-0.39, 0.29) is 0 Å². The third-order valence-electron chi connectivity index (χ3n) is 5.46. The highest BCUT2D eigenvalue weighted by Gasteiger charge is 2.39. The van der Waals surface area contributed by atoms with Crippen molar-refractivity contribution in [2.45, 2.75) is 18.9 Å². The molecule has 0 bridgehead atoms. The number of nitriles is 2. The van der Waals surface area contributed by atoms with Crippen molar-refractivity contribution >= 4 is 23.1 Å². The van der Waals surface area contributed by atoms with Gasteiger partial charge < -0.3 is 9.80 Å². The quantitative estimate of drug-likeness (QED) is 0.815. The Morgan fingerprint density at radius 3 is 2.73 bits per heavy atom. The molecule has 2 aliphatic heterocycles. The largest absolute Gasteiger partial charge is 0.365 e. The predicted molar refractivity (Wildman–Crippen MR) is 101 cm³/mol. The van der Waals surface area contributed by atoms with Gasteiger partial charge in [-0.25, -0.2) is 4.98 Å². The fourth-order valence-electron chi connectivity index (χ4n) is 4.18. The van der Waals surface area contributed by atoms with Crippen molar-refractivity contribution in [3.8, 4) is 12.1 Å². The van der Waals surface area contributed by atoms with Gasteiger partial charge in [0.15, 0.2) is 0 Å². The first-order chi connectivity index (χ1) is 12.7. The van der Waals surface area contributed by atoms with E-state index < -0.39 is 0 Å². The van der Waals surface area contributed by atoms with E-state index in [0.29, 0.717) is 28.1 Å². The third kappa shape index (κ3) is 2.85. The fraction of sp³-hybridized carbons (Fsp3) is 0.350. The Morgan fingerprint density at radius 1 is 1.12 bits per heavy atom. The zero-order valence-electron chi connectivity index (χ0n) is 14.3. The zero-order valence-corrected chi connectivity index (χ0v) is 15.0. The van der Waals surface area contributed by atoms with E-state index >= 15 is 0 Å². The van der Waals surface area contributed by atoms with E-state index in [4.69, 9.17) is 16.9 Å². The van der Waals surface area contributed by atoms with Crippen molar-refractivity contribution in [2.24, 2.45) is 5.92 Å². The number of aromatic nitrogens is 1. The number of halogens is 1. The third-order valence-corrected chi connectivity index (χ3v) is 5.76. The number of anilines is 2. The number of hydrogen-bond donors (Lipinski definition) is 0. The molecule has 2 aromatic rings. The highest BCUT2D eigenvalue weighted by Crippen LogP contribution is 2.39. The van der Waals surface area contributed by atoms with E-state index in [0.717, 1.165) is 44.0 Å². The molecule has 6 heteroatoms. The van der Waals surface area contributed by atoms with Crippen LogP contribution >= 0.6 is 11.6 Å². The summed E-state index contributed by atoms with van der Waals surface area (Å²) in [5.74, 6) is 1.39. The van der Waals surface area contributed by atoms with Gasteiger partial charge in [-0.15, -0.1) is 0 Å². The first-order valence-electron chi connectivity index (χ1n) is 8.77. The van der Waals surface area contributed by atoms with Gasteiger partial charge >= 0.3 is 0 Å². The van der Waals surface area contributed by atoms with Crippen molar-refractivity contribution in [3.05, 3.63) is 52.7 Å². The van der Waals surface area contributed by atoms with Crippen molar-refractivity contribution in [2.75, 3.05) is 29.4 Å². The Labute approximate surface area is 158 Å². The number of fused-ring (bicyclic) bond motifs is 1. The van der Waals surface area contributed by atoms with Crippen LogP contribution in [0.15, 0.2) is 36.5 Å². The average Bonchev–Trinajstić information content (AvgIpc) is 3.10. The molecule has 5 nitrogen and oxygen atoms in total. The molecule has 130 valence electrons. The topological polar surface area (TPSA) is 67.0 Å². The number of pyridine rings is 1. The summed E-state index contributed by atoms with van der Waals surface area (Å²) in [5, 5.41) is 19.1. The van der Waals surface area contributed by atoms with Crippen LogP contribution in [-0.4, -0.2) is 30.7 Å². The zero-order chi connectivity index (χ0) is 18.1. The Bertz CT molecular complexity index is 913. The molecule has 2 atom stereocenters. The maximum Gasteiger partial charge on any atom is 0.146 e. The molecule has 0 amide bonds. The van der Waals surface area contributed by atoms with Crippen molar-refractivity contribution in [3.63, 3.8) is 0 Å². The van der Waals surface area contributed by atoms with Crippen molar-refractivity contribution in [1.29, 1.82) is 10.5 Å². The lowest BCUT2D eigenvalue weighted by molar-refractivity contribution is 0.389. The summed E-state index contributed by atoms with van der Waals surface area (Å²) >= 11 is 6.46. The van der Waals surface area contributed by atoms with Gasteiger partial charge in [-0.2, -0.15) is 10.5 Å². The SMILES string of the molecule is N#Cc1ccc(N2CCC3CCN(c4ncccc4C#N)CC32)c(Cl)c1. The second kappa shape index (κ2) is 6.86. The van der Waals surface area contributed by atoms with E-state index in [1.807, 2.05) is 18.2 Å². The first-order valence-corrected chi connectivity index (χ1v) is 9.15. The lowest BCUT2D eigenvalue weighted by atomic mass is 9.92. The normalized spacial score (nSPS) is 21.8. The van der Waals surface area contributed by atoms with Crippen LogP contribution < -0.4 is 9.80 Å². The monoisotopic (exact) mass is 363 g/mol. The van der Waals surface area contributed by atoms with Crippen LogP contribution in [0.2, 0.25) is 5.02 Å². The van der Waals surface area contributed by atoms with E-state index in [2.05, 4.69) is 26.9 Å². The molecule has 0 radical (unpaired) electrons. The summed E-state index contributed by atoms with van der Waals surface area (Å²) < 4.78 is 0. The summed E-state index contributed by atoms with van der Waals surface area (Å²) in [5.41, 5.74) is 2.18. The Balaban J connectivity index is 1.62. The molecule has 0 spiro atoms. The Kier molecular flexibility index (Phi) is 4.41. The molecule has 2 fully saturated rings. The first kappa shape index (κ1) is 16.7. The minimum atomic E-state index is 0.336. The van der Waals surface area contributed by atoms with Gasteiger partial charge in [0.05, 0.1) is 27.9 Å². The van der Waals surface area contributed by atoms with Gasteiger partial charge in [0.25, 0.3) is 0 Å². The summed E-state index contributed by atoms with van der Waals surface area (Å²) in [4.78, 5) is 9.02. The van der Waals surface area contributed by atoms with Gasteiger partial charge in [0.1, 0.15) is 11.9 Å². The summed E-state index contributed by atoms with van der Waals surface area (Å²) in [6, 6.07) is 13.8. The van der Waals surface area contributed by atoms with Crippen LogP contribution in [0.4, 0.5) is 11.5 Å². The van der Waals surface area contributed by atoms with Crippen LogP contribution in [0.1, 0.15) is 24.0 Å². The average molecular weight is 364 g/mol. The molecule has 2 aliphatic rings. The number of nitrogens with zero attached hydrogens (tertiary/aromatic N) is 5. The fourth-order valence-corrected chi connectivity index (χ4v) is 4.47. The van der Waals surface area contributed by atoms with Crippen LogP contribution in [0.3, 0.4) is 0 Å². The van der Waals surface area contributed by atoms with Gasteiger partial charge in [-0.3, -0.25) is 0 Å². The minimum absolute atomic E-state index is 0.336. The second-order valence-electron chi connectivity index (χ2n) is 6.81. The molecule has 0 N–H and O–H groups in total. The van der Waals surface area contributed by atoms with Gasteiger partial charge in [-0.05, 0) is 49.1 Å². The summed E-state index contributed by atoms with van der Waals surface area (Å²) in [6.07, 6.45) is 3.96. The van der Waals surface area contributed by atoms with Crippen LogP contribution in [0.25, 0.3) is 0 Å². The Morgan fingerprint density at radius 2 is 1.96 bits per heavy atom. The maximum atomic E-state index is 9.38.